The zero-order valence-corrected chi connectivity index (χ0v) is 13.8. The van der Waals surface area contributed by atoms with E-state index in [1.54, 1.807) is 7.05 Å². The molecule has 4 heteroatoms. The van der Waals surface area contributed by atoms with Crippen molar-refractivity contribution < 1.29 is 4.79 Å². The van der Waals surface area contributed by atoms with Crippen LogP contribution >= 0.6 is 0 Å². The van der Waals surface area contributed by atoms with Crippen molar-refractivity contribution in [3.8, 4) is 0 Å². The number of nitrogens with one attached hydrogen (secondary N) is 2. The minimum Gasteiger partial charge on any atom is -0.306 e. The highest BCUT2D eigenvalue weighted by atomic mass is 16.2. The van der Waals surface area contributed by atoms with E-state index < -0.39 is 0 Å². The first kappa shape index (κ1) is 22.6. The Kier molecular flexibility index (Phi) is 23.5. The van der Waals surface area contributed by atoms with Gasteiger partial charge in [0.2, 0.25) is 5.91 Å². The molecule has 0 aromatic heterocycles. The Bertz CT molecular complexity index is 155. The fourth-order valence-corrected chi connectivity index (χ4v) is 1.50. The molecule has 0 aromatic carbocycles. The Morgan fingerprint density at radius 2 is 1.39 bits per heavy atom. The Hall–Kier alpha value is -0.610. The molecule has 1 fully saturated rings. The number of hydrazine groups is 1. The normalized spacial score (nSPS) is 14.9. The van der Waals surface area contributed by atoms with Crippen molar-refractivity contribution in [3.05, 3.63) is 0 Å². The average molecular weight is 261 g/mol. The van der Waals surface area contributed by atoms with Gasteiger partial charge in [-0.2, -0.15) is 0 Å². The van der Waals surface area contributed by atoms with Crippen LogP contribution in [0.2, 0.25) is 0 Å². The van der Waals surface area contributed by atoms with Crippen LogP contribution in [0.15, 0.2) is 0 Å². The fourth-order valence-electron chi connectivity index (χ4n) is 1.50. The smallest absolute Gasteiger partial charge is 0.237 e. The number of likely N-dealkylation sites (tertiary alicyclic amines) is 1. The molecular formula is C14H35N3O. The second kappa shape index (κ2) is 18.7. The van der Waals surface area contributed by atoms with Gasteiger partial charge in [-0.1, -0.05) is 41.5 Å². The molecule has 1 amide bonds. The molecule has 0 saturated carbocycles. The molecule has 0 atom stereocenters. The molecule has 2 N–H and O–H groups in total. The monoisotopic (exact) mass is 261 g/mol. The number of carbonyl (C=O) groups is 1. The molecule has 0 radical (unpaired) electrons. The first-order valence-corrected chi connectivity index (χ1v) is 7.39. The van der Waals surface area contributed by atoms with E-state index >= 15 is 0 Å². The number of nitrogens with zero attached hydrogens (tertiary/aromatic N) is 1. The van der Waals surface area contributed by atoms with E-state index in [2.05, 4.69) is 22.8 Å². The molecule has 1 aliphatic rings. The van der Waals surface area contributed by atoms with E-state index in [0.29, 0.717) is 0 Å². The zero-order valence-electron chi connectivity index (χ0n) is 13.8. The van der Waals surface area contributed by atoms with Crippen molar-refractivity contribution in [2.75, 3.05) is 27.2 Å². The maximum absolute atomic E-state index is 11.3. The van der Waals surface area contributed by atoms with E-state index in [1.165, 1.54) is 0 Å². The molecule has 18 heavy (non-hydrogen) atoms. The molecule has 112 valence electrons. The molecule has 4 nitrogen and oxygen atoms in total. The SMILES string of the molecule is CC.CC.CC.CNNC(=O)C1CCN(C)CC1. The molecule has 1 saturated heterocycles. The Labute approximate surface area is 114 Å². The lowest BCUT2D eigenvalue weighted by molar-refractivity contribution is -0.127. The van der Waals surface area contributed by atoms with Crippen molar-refractivity contribution in [2.45, 2.75) is 54.4 Å². The molecule has 0 unspecified atom stereocenters. The van der Waals surface area contributed by atoms with Gasteiger partial charge in [0.1, 0.15) is 0 Å². The van der Waals surface area contributed by atoms with Gasteiger partial charge in [0.05, 0.1) is 0 Å². The highest BCUT2D eigenvalue weighted by molar-refractivity contribution is 5.78. The number of piperidine rings is 1. The van der Waals surface area contributed by atoms with Gasteiger partial charge in [-0.15, -0.1) is 0 Å². The van der Waals surface area contributed by atoms with Crippen molar-refractivity contribution >= 4 is 5.91 Å². The van der Waals surface area contributed by atoms with E-state index in [1.807, 2.05) is 41.5 Å². The summed E-state index contributed by atoms with van der Waals surface area (Å²) in [6.45, 7) is 14.1. The van der Waals surface area contributed by atoms with Gasteiger partial charge in [-0.25, -0.2) is 5.43 Å². The summed E-state index contributed by atoms with van der Waals surface area (Å²) < 4.78 is 0. The van der Waals surface area contributed by atoms with Crippen molar-refractivity contribution in [1.82, 2.24) is 15.8 Å². The third-order valence-electron chi connectivity index (χ3n) is 2.34. The largest absolute Gasteiger partial charge is 0.306 e. The molecule has 0 bridgehead atoms. The van der Waals surface area contributed by atoms with Gasteiger partial charge in [-0.05, 0) is 33.0 Å². The van der Waals surface area contributed by atoms with Crippen LogP contribution in [0.4, 0.5) is 0 Å². The topological polar surface area (TPSA) is 44.4 Å². The summed E-state index contributed by atoms with van der Waals surface area (Å²) in [7, 11) is 3.80. The molecular weight excluding hydrogens is 226 g/mol. The van der Waals surface area contributed by atoms with E-state index in [9.17, 15) is 4.79 Å². The van der Waals surface area contributed by atoms with Crippen molar-refractivity contribution in [3.63, 3.8) is 0 Å². The zero-order chi connectivity index (χ0) is 15.0. The summed E-state index contributed by atoms with van der Waals surface area (Å²) >= 11 is 0. The summed E-state index contributed by atoms with van der Waals surface area (Å²) in [6, 6.07) is 0. The van der Waals surface area contributed by atoms with Crippen LogP contribution in [0.3, 0.4) is 0 Å². The summed E-state index contributed by atoms with van der Waals surface area (Å²) in [5, 5.41) is 0. The molecule has 1 rings (SSSR count). The Morgan fingerprint density at radius 3 is 1.72 bits per heavy atom. The maximum Gasteiger partial charge on any atom is 0.237 e. The predicted octanol–water partition coefficient (Wildman–Crippen LogP) is 2.66. The number of amides is 1. The van der Waals surface area contributed by atoms with Crippen LogP contribution in [0.25, 0.3) is 0 Å². The van der Waals surface area contributed by atoms with Crippen LogP contribution in [-0.2, 0) is 4.79 Å². The van der Waals surface area contributed by atoms with Crippen LogP contribution in [0, 0.1) is 5.92 Å². The van der Waals surface area contributed by atoms with Crippen LogP contribution in [0.5, 0.6) is 0 Å². The Balaban J connectivity index is -0.000000328. The summed E-state index contributed by atoms with van der Waals surface area (Å²) in [5.41, 5.74) is 5.29. The summed E-state index contributed by atoms with van der Waals surface area (Å²) in [5.74, 6) is 0.333. The number of carbonyl (C=O) groups excluding carboxylic acids is 1. The van der Waals surface area contributed by atoms with Crippen molar-refractivity contribution in [1.29, 1.82) is 0 Å². The second-order valence-electron chi connectivity index (χ2n) is 3.32. The lowest BCUT2D eigenvalue weighted by Crippen LogP contribution is -2.43. The first-order chi connectivity index (χ1) is 8.74. The van der Waals surface area contributed by atoms with Gasteiger partial charge in [-0.3, -0.25) is 10.2 Å². The van der Waals surface area contributed by atoms with Gasteiger partial charge >= 0.3 is 0 Å². The Morgan fingerprint density at radius 1 is 1.00 bits per heavy atom. The first-order valence-electron chi connectivity index (χ1n) is 7.39. The third kappa shape index (κ3) is 11.9. The second-order valence-corrected chi connectivity index (χ2v) is 3.32. The molecule has 1 aliphatic heterocycles. The van der Waals surface area contributed by atoms with Crippen LogP contribution in [0.1, 0.15) is 54.4 Å². The lowest BCUT2D eigenvalue weighted by atomic mass is 9.97. The summed E-state index contributed by atoms with van der Waals surface area (Å²) in [6.07, 6.45) is 1.95. The minimum atomic E-state index is 0.130. The summed E-state index contributed by atoms with van der Waals surface area (Å²) in [4.78, 5) is 13.6. The standard InChI is InChI=1S/C8H17N3O.3C2H6/c1-9-10-8(12)7-3-5-11(2)6-4-7;3*1-2/h7,9H,3-6H2,1-2H3,(H,10,12);3*1-2H3. The highest BCUT2D eigenvalue weighted by Gasteiger charge is 2.22. The van der Waals surface area contributed by atoms with Gasteiger partial charge in [0, 0.05) is 13.0 Å². The van der Waals surface area contributed by atoms with Gasteiger partial charge in [0.15, 0.2) is 0 Å². The quantitative estimate of drug-likeness (QED) is 0.751. The fraction of sp³-hybridized carbons (Fsp3) is 0.929. The molecule has 0 aromatic rings. The van der Waals surface area contributed by atoms with Crippen molar-refractivity contribution in [2.24, 2.45) is 5.92 Å². The molecule has 1 heterocycles. The van der Waals surface area contributed by atoms with E-state index in [4.69, 9.17) is 0 Å². The number of rotatable bonds is 2. The van der Waals surface area contributed by atoms with Gasteiger partial charge < -0.3 is 4.90 Å². The maximum atomic E-state index is 11.3. The van der Waals surface area contributed by atoms with Gasteiger partial charge in [0.25, 0.3) is 0 Å². The highest BCUT2D eigenvalue weighted by Crippen LogP contribution is 2.15. The van der Waals surface area contributed by atoms with Crippen LogP contribution < -0.4 is 10.9 Å². The predicted molar refractivity (Wildman–Crippen MR) is 81.5 cm³/mol. The number of hydrogen-bond donors (Lipinski definition) is 2. The lowest BCUT2D eigenvalue weighted by Gasteiger charge is -2.27. The number of hydrogen-bond acceptors (Lipinski definition) is 3. The average Bonchev–Trinajstić information content (AvgIpc) is 2.46. The van der Waals surface area contributed by atoms with Crippen LogP contribution in [-0.4, -0.2) is 38.0 Å². The molecule has 0 aliphatic carbocycles. The molecule has 0 spiro atoms. The van der Waals surface area contributed by atoms with E-state index in [-0.39, 0.29) is 11.8 Å². The van der Waals surface area contributed by atoms with E-state index in [0.717, 1.165) is 25.9 Å². The third-order valence-corrected chi connectivity index (χ3v) is 2.34. The minimum absolute atomic E-state index is 0.130.